The Hall–Kier alpha value is -3.04. The predicted octanol–water partition coefficient (Wildman–Crippen LogP) is 0.296. The fourth-order valence-electron chi connectivity index (χ4n) is 5.37. The molecule has 10 atom stereocenters. The minimum atomic E-state index is -4.40. The maximum atomic E-state index is 16.0. The van der Waals surface area contributed by atoms with E-state index in [1.807, 2.05) is 0 Å². The van der Waals surface area contributed by atoms with Crippen LogP contribution in [0.1, 0.15) is 12.5 Å². The number of nitrogens with two attached hydrogens (primary N) is 2. The third-order valence-electron chi connectivity index (χ3n) is 7.41. The molecule has 6 N–H and O–H groups in total. The number of aromatic nitrogens is 8. The molecule has 24 heteroatoms. The predicted molar refractivity (Wildman–Crippen MR) is 153 cm³/mol. The van der Waals surface area contributed by atoms with Gasteiger partial charge in [0.2, 0.25) is 5.95 Å². The Morgan fingerprint density at radius 3 is 2.44 bits per heavy atom. The summed E-state index contributed by atoms with van der Waals surface area (Å²) < 4.78 is 79.7. The lowest BCUT2D eigenvalue weighted by Gasteiger charge is -2.26. The lowest BCUT2D eigenvalue weighted by Crippen LogP contribution is -2.35. The lowest BCUT2D eigenvalue weighted by atomic mass is 10.1. The van der Waals surface area contributed by atoms with Gasteiger partial charge in [0, 0.05) is 6.66 Å². The number of hydrogen-bond acceptors (Lipinski definition) is 17. The normalized spacial score (nSPS) is 37.7. The summed E-state index contributed by atoms with van der Waals surface area (Å²) in [6, 6.07) is 0. The number of ether oxygens (including phenoxy) is 2. The largest absolute Gasteiger partial charge is 0.387 e. The van der Waals surface area contributed by atoms with Gasteiger partial charge in [-0.1, -0.05) is 12.2 Å². The van der Waals surface area contributed by atoms with E-state index in [0.29, 0.717) is 0 Å². The van der Waals surface area contributed by atoms with E-state index in [0.717, 1.165) is 6.66 Å². The number of halogens is 1. The Kier molecular flexibility index (Phi) is 7.51. The van der Waals surface area contributed by atoms with Crippen molar-refractivity contribution in [3.05, 3.63) is 29.3 Å². The molecule has 3 saturated heterocycles. The second kappa shape index (κ2) is 11.0. The van der Waals surface area contributed by atoms with Crippen molar-refractivity contribution in [3.8, 4) is 0 Å². The first-order chi connectivity index (χ1) is 21.3. The van der Waals surface area contributed by atoms with E-state index in [4.69, 9.17) is 39.0 Å². The van der Waals surface area contributed by atoms with Gasteiger partial charge in [-0.05, 0) is 0 Å². The number of rotatable bonds is 2. The van der Waals surface area contributed by atoms with Crippen LogP contribution in [0.15, 0.2) is 23.8 Å². The van der Waals surface area contributed by atoms with Crippen LogP contribution in [-0.4, -0.2) is 101 Å². The molecule has 242 valence electrons. The molecule has 7 heterocycles. The summed E-state index contributed by atoms with van der Waals surface area (Å²) in [6.45, 7) is -4.48. The second-order valence-electron chi connectivity index (χ2n) is 10.4. The van der Waals surface area contributed by atoms with Crippen LogP contribution < -0.4 is 17.0 Å². The van der Waals surface area contributed by atoms with Gasteiger partial charge in [-0.2, -0.15) is 4.98 Å². The van der Waals surface area contributed by atoms with Gasteiger partial charge < -0.3 is 30.6 Å². The highest BCUT2D eigenvalue weighted by molar-refractivity contribution is 8.44. The van der Waals surface area contributed by atoms with E-state index >= 15 is 4.39 Å². The van der Waals surface area contributed by atoms with E-state index in [1.165, 1.54) is 28.1 Å². The summed E-state index contributed by atoms with van der Waals surface area (Å²) >= 11 is 4.06. The molecule has 0 amide bonds. The number of H-pyrrole nitrogens is 1. The van der Waals surface area contributed by atoms with Gasteiger partial charge >= 0.3 is 14.4 Å². The van der Waals surface area contributed by atoms with Crippen molar-refractivity contribution in [1.29, 1.82) is 0 Å². The summed E-state index contributed by atoms with van der Waals surface area (Å²) in [5.74, 6) is -0.171. The number of anilines is 2. The number of nitrogen functional groups attached to an aromatic ring is 2. The van der Waals surface area contributed by atoms with E-state index in [2.05, 4.69) is 42.2 Å². The van der Waals surface area contributed by atoms with Crippen molar-refractivity contribution in [2.45, 2.75) is 49.1 Å². The molecule has 0 radical (unpaired) electrons. The van der Waals surface area contributed by atoms with Crippen LogP contribution in [0, 0.1) is 0 Å². The molecule has 4 aromatic heterocycles. The van der Waals surface area contributed by atoms with Crippen molar-refractivity contribution in [2.75, 3.05) is 31.3 Å². The first kappa shape index (κ1) is 30.6. The molecule has 2 bridgehead atoms. The summed E-state index contributed by atoms with van der Waals surface area (Å²) in [6.07, 6.45) is -8.36. The molecule has 1 unspecified atom stereocenters. The highest BCUT2D eigenvalue weighted by Gasteiger charge is 2.53. The molecule has 3 aliphatic heterocycles. The SMILES string of the molecule is CP1(=O)OC[C@H]2O[C@@H](n3cnc4c(=O)[nH]c(N)nc43)[C@H](O[P@](=O)(S)OC[C@H]3O[C@@H](n4cnc5c(N)ncnc54)[C@H](F)[C@@H]3O1)[C@@H]2O. The number of thiol groups is 1. The van der Waals surface area contributed by atoms with Crippen LogP contribution in [-0.2, 0) is 36.7 Å². The lowest BCUT2D eigenvalue weighted by molar-refractivity contribution is -0.0576. The van der Waals surface area contributed by atoms with Crippen molar-refractivity contribution >= 4 is 60.7 Å². The zero-order chi connectivity index (χ0) is 31.8. The van der Waals surface area contributed by atoms with Gasteiger partial charge in [0.1, 0.15) is 42.4 Å². The van der Waals surface area contributed by atoms with Crippen LogP contribution in [0.25, 0.3) is 22.3 Å². The maximum absolute atomic E-state index is 16.0. The van der Waals surface area contributed by atoms with Crippen LogP contribution in [0.5, 0.6) is 0 Å². The number of nitrogens with one attached hydrogen (secondary N) is 1. The van der Waals surface area contributed by atoms with E-state index < -0.39 is 82.3 Å². The van der Waals surface area contributed by atoms with Crippen LogP contribution in [0.2, 0.25) is 0 Å². The molecule has 7 rings (SSSR count). The monoisotopic (exact) mass is 690 g/mol. The minimum Gasteiger partial charge on any atom is -0.387 e. The third kappa shape index (κ3) is 5.43. The first-order valence-electron chi connectivity index (χ1n) is 13.2. The molecule has 3 fully saturated rings. The fourth-order valence-corrected chi connectivity index (χ4v) is 8.00. The van der Waals surface area contributed by atoms with Crippen LogP contribution >= 0.6 is 26.6 Å². The first-order valence-corrected chi connectivity index (χ1v) is 17.8. The number of nitrogens with zero attached hydrogens (tertiary/aromatic N) is 7. The molecular weight excluding hydrogens is 665 g/mol. The number of aliphatic hydroxyl groups excluding tert-OH is 1. The molecule has 4 aromatic rings. The van der Waals surface area contributed by atoms with Crippen molar-refractivity contribution in [1.82, 2.24) is 39.0 Å². The number of alkyl halides is 1. The average molecular weight is 691 g/mol. The highest BCUT2D eigenvalue weighted by Crippen LogP contribution is 2.58. The molecule has 0 spiro atoms. The topological polar surface area (TPSA) is 269 Å². The standard InChI is InChI=1S/C21H25FN10O10P2S/c1-43(35)37-2-7-12(33)14(20(39-7)32-6-28-11-17(32)29-21(24)30-18(11)34)42-44(36,45)38-3-8-13(41-43)9(22)19(40-8)31-5-27-10-15(23)25-4-26-16(10)31/h4-9,12-14,19-20,33H,2-3H2,1H3,(H,36,45)(H2,23,25,26)(H3,24,29,30,34)/t7-,8-,9-,12-,13-,14-,19-,20-,43?,44-/m1/s1. The van der Waals surface area contributed by atoms with E-state index in [9.17, 15) is 19.0 Å². The Labute approximate surface area is 255 Å². The molecule has 20 nitrogen and oxygen atoms in total. The summed E-state index contributed by atoms with van der Waals surface area (Å²) in [5.41, 5.74) is 11.1. The Morgan fingerprint density at radius 1 is 0.978 bits per heavy atom. The van der Waals surface area contributed by atoms with Crippen molar-refractivity contribution in [2.24, 2.45) is 0 Å². The maximum Gasteiger partial charge on any atom is 0.386 e. The number of aromatic amines is 1. The summed E-state index contributed by atoms with van der Waals surface area (Å²) in [7, 11) is -4.10. The quantitative estimate of drug-likeness (QED) is 0.140. The zero-order valence-electron chi connectivity index (χ0n) is 22.9. The van der Waals surface area contributed by atoms with E-state index in [1.54, 1.807) is 0 Å². The number of aliphatic hydroxyl groups is 1. The zero-order valence-corrected chi connectivity index (χ0v) is 25.6. The summed E-state index contributed by atoms with van der Waals surface area (Å²) in [5, 5.41) is 11.1. The molecule has 0 aliphatic carbocycles. The van der Waals surface area contributed by atoms with Crippen molar-refractivity contribution in [3.63, 3.8) is 0 Å². The number of fused-ring (bicyclic) bond motifs is 5. The third-order valence-corrected chi connectivity index (χ3v) is 10.3. The Morgan fingerprint density at radius 2 is 1.67 bits per heavy atom. The summed E-state index contributed by atoms with van der Waals surface area (Å²) in [4.78, 5) is 34.8. The smallest absolute Gasteiger partial charge is 0.386 e. The van der Waals surface area contributed by atoms with E-state index in [-0.39, 0.29) is 34.1 Å². The molecular formula is C21H25FN10O10P2S. The van der Waals surface area contributed by atoms with Crippen LogP contribution in [0.4, 0.5) is 16.2 Å². The Balaban J connectivity index is 1.21. The second-order valence-corrected chi connectivity index (χ2v) is 15.3. The molecule has 0 saturated carbocycles. The number of imidazole rings is 2. The molecule has 45 heavy (non-hydrogen) atoms. The Bertz CT molecular complexity index is 1940. The molecule has 0 aromatic carbocycles. The van der Waals surface area contributed by atoms with Gasteiger partial charge in [0.25, 0.3) is 5.56 Å². The number of hydrogen-bond donors (Lipinski definition) is 5. The van der Waals surface area contributed by atoms with Gasteiger partial charge in [0.15, 0.2) is 41.3 Å². The van der Waals surface area contributed by atoms with Gasteiger partial charge in [-0.3, -0.25) is 37.0 Å². The molecule has 3 aliphatic rings. The van der Waals surface area contributed by atoms with Gasteiger partial charge in [-0.15, -0.1) is 0 Å². The van der Waals surface area contributed by atoms with Crippen LogP contribution in [0.3, 0.4) is 0 Å². The van der Waals surface area contributed by atoms with Gasteiger partial charge in [-0.25, -0.2) is 28.9 Å². The van der Waals surface area contributed by atoms with Gasteiger partial charge in [0.05, 0.1) is 25.9 Å². The average Bonchev–Trinajstić information content (AvgIpc) is 3.72. The minimum absolute atomic E-state index is 0.0366. The van der Waals surface area contributed by atoms with Crippen molar-refractivity contribution < 1.29 is 46.2 Å². The highest BCUT2D eigenvalue weighted by atomic mass is 32.7. The fraction of sp³-hybridized carbons (Fsp3) is 0.524.